The number of amides is 1. The van der Waals surface area contributed by atoms with Crippen molar-refractivity contribution in [3.05, 3.63) is 0 Å². The molecule has 5 heteroatoms. The highest BCUT2D eigenvalue weighted by molar-refractivity contribution is 5.77. The maximum Gasteiger partial charge on any atom is 0.234 e. The Labute approximate surface area is 122 Å². The molecular weight excluding hydrogens is 254 g/mol. The van der Waals surface area contributed by atoms with Crippen molar-refractivity contribution in [1.82, 2.24) is 15.1 Å². The molecule has 0 unspecified atom stereocenters. The van der Waals surface area contributed by atoms with Gasteiger partial charge in [-0.1, -0.05) is 0 Å². The molecule has 0 spiro atoms. The predicted molar refractivity (Wildman–Crippen MR) is 79.5 cm³/mol. The van der Waals surface area contributed by atoms with E-state index in [-0.39, 0.29) is 12.5 Å². The van der Waals surface area contributed by atoms with Crippen molar-refractivity contribution in [2.24, 2.45) is 11.8 Å². The lowest BCUT2D eigenvalue weighted by Gasteiger charge is -2.33. The average molecular weight is 283 g/mol. The van der Waals surface area contributed by atoms with Gasteiger partial charge in [-0.05, 0) is 57.7 Å². The van der Waals surface area contributed by atoms with Gasteiger partial charge in [0.25, 0.3) is 0 Å². The number of hydrogen-bond donors (Lipinski definition) is 2. The maximum absolute atomic E-state index is 11.8. The molecule has 2 N–H and O–H groups in total. The summed E-state index contributed by atoms with van der Waals surface area (Å²) in [6.07, 6.45) is 4.91. The van der Waals surface area contributed by atoms with E-state index in [1.54, 1.807) is 0 Å². The van der Waals surface area contributed by atoms with Crippen molar-refractivity contribution in [2.75, 3.05) is 52.9 Å². The van der Waals surface area contributed by atoms with Crippen LogP contribution in [0.2, 0.25) is 0 Å². The van der Waals surface area contributed by atoms with E-state index in [9.17, 15) is 4.79 Å². The molecule has 1 amide bonds. The van der Waals surface area contributed by atoms with Gasteiger partial charge in [-0.2, -0.15) is 0 Å². The molecule has 0 radical (unpaired) electrons. The molecule has 0 aromatic rings. The number of likely N-dealkylation sites (tertiary alicyclic amines) is 1. The molecule has 0 aromatic heterocycles. The molecule has 2 aliphatic rings. The van der Waals surface area contributed by atoms with Gasteiger partial charge in [0.05, 0.1) is 13.2 Å². The van der Waals surface area contributed by atoms with Crippen LogP contribution in [0.15, 0.2) is 0 Å². The number of carbonyl (C=O) groups excluding carboxylic acids is 1. The van der Waals surface area contributed by atoms with Crippen LogP contribution in [0.5, 0.6) is 0 Å². The first kappa shape index (κ1) is 15.7. The van der Waals surface area contributed by atoms with Gasteiger partial charge < -0.3 is 15.3 Å². The third-order valence-electron chi connectivity index (χ3n) is 4.39. The Hall–Kier alpha value is -0.650. The number of nitrogens with one attached hydrogen (secondary N) is 1. The highest BCUT2D eigenvalue weighted by Gasteiger charge is 2.23. The number of carbonyl (C=O) groups is 1. The number of aliphatic hydroxyl groups is 1. The summed E-state index contributed by atoms with van der Waals surface area (Å²) in [6.45, 7) is 5.59. The number of nitrogens with zero attached hydrogens (tertiary/aromatic N) is 2. The maximum atomic E-state index is 11.8. The molecule has 0 aromatic carbocycles. The summed E-state index contributed by atoms with van der Waals surface area (Å²) in [7, 11) is 2.04. The average Bonchev–Trinajstić information content (AvgIpc) is 3.23. The second-order valence-corrected chi connectivity index (χ2v) is 6.45. The standard InChI is InChI=1S/C15H29N3O2/c1-17(12-15(20)16-10-13-2-3-13)11-14-4-6-18(7-5-14)8-9-19/h13-14,19H,2-12H2,1H3,(H,16,20). The Balaban J connectivity index is 1.56. The van der Waals surface area contributed by atoms with Gasteiger partial charge in [-0.15, -0.1) is 0 Å². The molecule has 5 nitrogen and oxygen atoms in total. The van der Waals surface area contributed by atoms with Crippen molar-refractivity contribution >= 4 is 5.91 Å². The normalized spacial score (nSPS) is 21.4. The van der Waals surface area contributed by atoms with Crippen LogP contribution in [0.4, 0.5) is 0 Å². The van der Waals surface area contributed by atoms with Crippen molar-refractivity contribution in [3.63, 3.8) is 0 Å². The fourth-order valence-electron chi connectivity index (χ4n) is 2.92. The van der Waals surface area contributed by atoms with E-state index < -0.39 is 0 Å². The third-order valence-corrected chi connectivity index (χ3v) is 4.39. The van der Waals surface area contributed by atoms with Crippen LogP contribution in [0, 0.1) is 11.8 Å². The number of aliphatic hydroxyl groups excluding tert-OH is 1. The third kappa shape index (κ3) is 5.77. The minimum Gasteiger partial charge on any atom is -0.395 e. The van der Waals surface area contributed by atoms with Gasteiger partial charge in [0.15, 0.2) is 0 Å². The second kappa shape index (κ2) is 7.96. The van der Waals surface area contributed by atoms with Gasteiger partial charge in [0.2, 0.25) is 5.91 Å². The smallest absolute Gasteiger partial charge is 0.234 e. The molecule has 1 aliphatic carbocycles. The molecule has 1 saturated carbocycles. The quantitative estimate of drug-likeness (QED) is 0.666. The van der Waals surface area contributed by atoms with Crippen LogP contribution in [-0.4, -0.2) is 73.7 Å². The topological polar surface area (TPSA) is 55.8 Å². The van der Waals surface area contributed by atoms with Crippen molar-refractivity contribution in [2.45, 2.75) is 25.7 Å². The zero-order chi connectivity index (χ0) is 14.4. The molecule has 1 aliphatic heterocycles. The molecule has 0 bridgehead atoms. The zero-order valence-corrected chi connectivity index (χ0v) is 12.7. The Morgan fingerprint density at radius 3 is 2.55 bits per heavy atom. The molecule has 20 heavy (non-hydrogen) atoms. The fraction of sp³-hybridized carbons (Fsp3) is 0.933. The number of rotatable bonds is 8. The molecule has 1 heterocycles. The highest BCUT2D eigenvalue weighted by Crippen LogP contribution is 2.27. The summed E-state index contributed by atoms with van der Waals surface area (Å²) >= 11 is 0. The van der Waals surface area contributed by atoms with Gasteiger partial charge in [-0.25, -0.2) is 0 Å². The Morgan fingerprint density at radius 1 is 1.25 bits per heavy atom. The lowest BCUT2D eigenvalue weighted by atomic mass is 9.96. The van der Waals surface area contributed by atoms with Crippen molar-refractivity contribution in [1.29, 1.82) is 0 Å². The summed E-state index contributed by atoms with van der Waals surface area (Å²) < 4.78 is 0. The largest absolute Gasteiger partial charge is 0.395 e. The van der Waals surface area contributed by atoms with E-state index >= 15 is 0 Å². The number of hydrogen-bond acceptors (Lipinski definition) is 4. The first-order valence-corrected chi connectivity index (χ1v) is 7.96. The van der Waals surface area contributed by atoms with Crippen LogP contribution >= 0.6 is 0 Å². The minimum atomic E-state index is 0.164. The predicted octanol–water partition coefficient (Wildman–Crippen LogP) is 0.149. The zero-order valence-electron chi connectivity index (χ0n) is 12.7. The number of likely N-dealkylation sites (N-methyl/N-ethyl adjacent to an activating group) is 1. The summed E-state index contributed by atoms with van der Waals surface area (Å²) in [6, 6.07) is 0. The Bertz CT molecular complexity index is 299. The summed E-state index contributed by atoms with van der Waals surface area (Å²) in [4.78, 5) is 16.2. The van der Waals surface area contributed by atoms with Crippen LogP contribution in [0.25, 0.3) is 0 Å². The molecule has 2 fully saturated rings. The molecule has 116 valence electrons. The van der Waals surface area contributed by atoms with Gasteiger partial charge in [0.1, 0.15) is 0 Å². The first-order valence-electron chi connectivity index (χ1n) is 7.96. The molecule has 1 saturated heterocycles. The Kier molecular flexibility index (Phi) is 6.26. The van der Waals surface area contributed by atoms with E-state index in [0.717, 1.165) is 38.6 Å². The second-order valence-electron chi connectivity index (χ2n) is 6.45. The summed E-state index contributed by atoms with van der Waals surface area (Å²) in [5.74, 6) is 1.60. The molecule has 2 rings (SSSR count). The number of β-amino-alcohol motifs (C(OH)–C–C–N with tert-alkyl or cyclic N) is 1. The van der Waals surface area contributed by atoms with Crippen LogP contribution in [0.3, 0.4) is 0 Å². The first-order chi connectivity index (χ1) is 9.67. The monoisotopic (exact) mass is 283 g/mol. The summed E-state index contributed by atoms with van der Waals surface area (Å²) in [5, 5.41) is 11.9. The lowest BCUT2D eigenvalue weighted by Crippen LogP contribution is -2.41. The van der Waals surface area contributed by atoms with E-state index in [1.807, 2.05) is 7.05 Å². The van der Waals surface area contributed by atoms with E-state index in [0.29, 0.717) is 12.5 Å². The van der Waals surface area contributed by atoms with Crippen LogP contribution in [0.1, 0.15) is 25.7 Å². The van der Waals surface area contributed by atoms with Gasteiger partial charge >= 0.3 is 0 Å². The molecular formula is C15H29N3O2. The van der Waals surface area contributed by atoms with E-state index in [2.05, 4.69) is 15.1 Å². The molecule has 0 atom stereocenters. The van der Waals surface area contributed by atoms with Crippen molar-refractivity contribution < 1.29 is 9.90 Å². The van der Waals surface area contributed by atoms with E-state index in [4.69, 9.17) is 5.11 Å². The fourth-order valence-corrected chi connectivity index (χ4v) is 2.92. The minimum absolute atomic E-state index is 0.164. The van der Waals surface area contributed by atoms with E-state index in [1.165, 1.54) is 25.7 Å². The van der Waals surface area contributed by atoms with Gasteiger partial charge in [-0.3, -0.25) is 9.69 Å². The van der Waals surface area contributed by atoms with Crippen molar-refractivity contribution in [3.8, 4) is 0 Å². The summed E-state index contributed by atoms with van der Waals surface area (Å²) in [5.41, 5.74) is 0. The lowest BCUT2D eigenvalue weighted by molar-refractivity contribution is -0.122. The highest BCUT2D eigenvalue weighted by atomic mass is 16.3. The van der Waals surface area contributed by atoms with Crippen LogP contribution in [-0.2, 0) is 4.79 Å². The SMILES string of the molecule is CN(CC(=O)NCC1CC1)CC1CCN(CCO)CC1. The Morgan fingerprint density at radius 2 is 1.95 bits per heavy atom. The number of piperidine rings is 1. The van der Waals surface area contributed by atoms with Gasteiger partial charge in [0, 0.05) is 19.6 Å². The van der Waals surface area contributed by atoms with Crippen LogP contribution < -0.4 is 5.32 Å².